The molecule has 148 valence electrons. The number of amides is 2. The van der Waals surface area contributed by atoms with Crippen LogP contribution in [0.25, 0.3) is 0 Å². The molecule has 28 heavy (non-hydrogen) atoms. The third-order valence-electron chi connectivity index (χ3n) is 5.18. The smallest absolute Gasteiger partial charge is 0.319 e. The van der Waals surface area contributed by atoms with Crippen molar-refractivity contribution in [3.05, 3.63) is 46.4 Å². The van der Waals surface area contributed by atoms with E-state index in [1.54, 1.807) is 7.11 Å². The molecule has 2 aliphatic rings. The topological polar surface area (TPSA) is 68.8 Å². The molecule has 0 bridgehead atoms. The molecule has 4 rings (SSSR count). The number of ether oxygens (including phenoxy) is 3. The Hall–Kier alpha value is -2.41. The van der Waals surface area contributed by atoms with Crippen LogP contribution in [-0.2, 0) is 0 Å². The molecule has 2 N–H and O–H groups in total. The van der Waals surface area contributed by atoms with Gasteiger partial charge in [-0.05, 0) is 65.5 Å². The predicted octanol–water partition coefficient (Wildman–Crippen LogP) is 5.38. The molecule has 0 radical (unpaired) electrons. The quantitative estimate of drug-likeness (QED) is 0.660. The summed E-state index contributed by atoms with van der Waals surface area (Å²) in [5, 5.41) is 5.81. The highest BCUT2D eigenvalue weighted by molar-refractivity contribution is 9.10. The fourth-order valence-corrected chi connectivity index (χ4v) is 4.25. The van der Waals surface area contributed by atoms with Crippen LogP contribution in [0.3, 0.4) is 0 Å². The minimum atomic E-state index is -0.501. The summed E-state index contributed by atoms with van der Waals surface area (Å²) >= 11 is 3.47. The summed E-state index contributed by atoms with van der Waals surface area (Å²) in [5.41, 5.74) is 1.63. The second kappa shape index (κ2) is 7.54. The van der Waals surface area contributed by atoms with Crippen LogP contribution in [0.15, 0.2) is 40.9 Å². The fraction of sp³-hybridized carbons (Fsp3) is 0.381. The van der Waals surface area contributed by atoms with Gasteiger partial charge in [0.15, 0.2) is 11.5 Å². The first-order valence-corrected chi connectivity index (χ1v) is 10.2. The van der Waals surface area contributed by atoms with Gasteiger partial charge in [0.1, 0.15) is 5.75 Å². The van der Waals surface area contributed by atoms with Gasteiger partial charge in [-0.25, -0.2) is 4.79 Å². The highest BCUT2D eigenvalue weighted by Gasteiger charge is 2.44. The molecule has 1 unspecified atom stereocenters. The van der Waals surface area contributed by atoms with Crippen LogP contribution in [0.1, 0.15) is 44.2 Å². The number of rotatable bonds is 4. The van der Waals surface area contributed by atoms with Crippen LogP contribution in [0, 0.1) is 0 Å². The van der Waals surface area contributed by atoms with Crippen LogP contribution in [0.5, 0.6) is 17.2 Å². The Bertz CT molecular complexity index is 896. The number of halogens is 1. The summed E-state index contributed by atoms with van der Waals surface area (Å²) in [6, 6.07) is 10.8. The fourth-order valence-electron chi connectivity index (χ4n) is 3.69. The van der Waals surface area contributed by atoms with E-state index in [-0.39, 0.29) is 12.1 Å². The van der Waals surface area contributed by atoms with Crippen molar-refractivity contribution in [2.24, 2.45) is 0 Å². The zero-order valence-corrected chi connectivity index (χ0v) is 17.5. The molecule has 1 saturated carbocycles. The molecule has 2 amide bonds. The molecule has 1 aliphatic carbocycles. The summed E-state index contributed by atoms with van der Waals surface area (Å²) in [4.78, 5) is 12.4. The minimum absolute atomic E-state index is 0.169. The Labute approximate surface area is 172 Å². The van der Waals surface area contributed by atoms with E-state index in [0.717, 1.165) is 47.2 Å². The molecule has 1 aliphatic heterocycles. The van der Waals surface area contributed by atoms with Crippen molar-refractivity contribution in [2.45, 2.75) is 44.4 Å². The van der Waals surface area contributed by atoms with Crippen LogP contribution < -0.4 is 24.8 Å². The van der Waals surface area contributed by atoms with Crippen molar-refractivity contribution in [1.29, 1.82) is 0 Å². The van der Waals surface area contributed by atoms with Crippen molar-refractivity contribution in [3.63, 3.8) is 0 Å². The summed E-state index contributed by atoms with van der Waals surface area (Å²) in [6.07, 6.45) is 4.03. The zero-order chi connectivity index (χ0) is 19.7. The number of carbonyl (C=O) groups excluding carboxylic acids is 1. The largest absolute Gasteiger partial charge is 0.496 e. The standard InChI is InChI=1S/C21H23BrN2O4/c1-13(14-5-7-17(26-2)16(22)11-14)23-20(25)24-15-6-8-18-19(12-15)28-21(27-18)9-3-4-10-21/h5-8,11-13H,3-4,9-10H2,1-2H3,(H2,23,24,25). The van der Waals surface area contributed by atoms with E-state index in [1.165, 1.54) is 0 Å². The van der Waals surface area contributed by atoms with E-state index in [1.807, 2.05) is 43.3 Å². The normalized spacial score (nSPS) is 17.4. The molecule has 1 heterocycles. The van der Waals surface area contributed by atoms with Gasteiger partial charge < -0.3 is 24.8 Å². The Morgan fingerprint density at radius 1 is 1.14 bits per heavy atom. The van der Waals surface area contributed by atoms with Crippen LogP contribution in [0.2, 0.25) is 0 Å². The SMILES string of the molecule is COc1ccc(C(C)NC(=O)Nc2ccc3c(c2)OC2(CCCC2)O3)cc1Br. The number of hydrogen-bond acceptors (Lipinski definition) is 4. The lowest BCUT2D eigenvalue weighted by molar-refractivity contribution is -0.0716. The van der Waals surface area contributed by atoms with Gasteiger partial charge in [0, 0.05) is 24.6 Å². The van der Waals surface area contributed by atoms with Crippen LogP contribution in [-0.4, -0.2) is 18.9 Å². The minimum Gasteiger partial charge on any atom is -0.496 e. The summed E-state index contributed by atoms with van der Waals surface area (Å²) in [6.45, 7) is 1.93. The summed E-state index contributed by atoms with van der Waals surface area (Å²) in [5.74, 6) is 1.68. The van der Waals surface area contributed by atoms with Gasteiger partial charge in [-0.1, -0.05) is 6.07 Å². The van der Waals surface area contributed by atoms with Crippen molar-refractivity contribution in [1.82, 2.24) is 5.32 Å². The molecular weight excluding hydrogens is 424 g/mol. The van der Waals surface area contributed by atoms with Crippen molar-refractivity contribution < 1.29 is 19.0 Å². The van der Waals surface area contributed by atoms with Gasteiger partial charge >= 0.3 is 6.03 Å². The lowest BCUT2D eigenvalue weighted by Gasteiger charge is -2.21. The number of hydrogen-bond donors (Lipinski definition) is 2. The van der Waals surface area contributed by atoms with E-state index >= 15 is 0 Å². The number of benzene rings is 2. The maximum absolute atomic E-state index is 12.4. The monoisotopic (exact) mass is 446 g/mol. The number of methoxy groups -OCH3 is 1. The third-order valence-corrected chi connectivity index (χ3v) is 5.80. The summed E-state index contributed by atoms with van der Waals surface area (Å²) in [7, 11) is 1.62. The Morgan fingerprint density at radius 2 is 1.89 bits per heavy atom. The van der Waals surface area contributed by atoms with Crippen LogP contribution >= 0.6 is 15.9 Å². The first-order chi connectivity index (χ1) is 13.5. The van der Waals surface area contributed by atoms with Crippen molar-refractivity contribution >= 4 is 27.6 Å². The molecule has 0 saturated heterocycles. The number of urea groups is 1. The van der Waals surface area contributed by atoms with E-state index in [0.29, 0.717) is 11.4 Å². The molecule has 2 aromatic carbocycles. The molecule has 7 heteroatoms. The average molecular weight is 447 g/mol. The first kappa shape index (κ1) is 18.9. The zero-order valence-electron chi connectivity index (χ0n) is 15.9. The molecule has 2 aromatic rings. The Kier molecular flexibility index (Phi) is 5.10. The highest BCUT2D eigenvalue weighted by Crippen LogP contribution is 2.47. The maximum atomic E-state index is 12.4. The lowest BCUT2D eigenvalue weighted by Crippen LogP contribution is -2.34. The first-order valence-electron chi connectivity index (χ1n) is 9.41. The van der Waals surface area contributed by atoms with E-state index in [2.05, 4.69) is 26.6 Å². The number of anilines is 1. The van der Waals surface area contributed by atoms with Crippen LogP contribution in [0.4, 0.5) is 10.5 Å². The molecular formula is C21H23BrN2O4. The van der Waals surface area contributed by atoms with Gasteiger partial charge in [-0.15, -0.1) is 0 Å². The lowest BCUT2D eigenvalue weighted by atomic mass is 10.1. The Balaban J connectivity index is 1.39. The van der Waals surface area contributed by atoms with E-state index in [4.69, 9.17) is 14.2 Å². The molecule has 0 aromatic heterocycles. The van der Waals surface area contributed by atoms with Crippen molar-refractivity contribution in [3.8, 4) is 17.2 Å². The van der Waals surface area contributed by atoms with Crippen molar-refractivity contribution in [2.75, 3.05) is 12.4 Å². The second-order valence-electron chi connectivity index (χ2n) is 7.20. The molecule has 1 fully saturated rings. The number of carbonyl (C=O) groups is 1. The third kappa shape index (κ3) is 3.76. The molecule has 6 nitrogen and oxygen atoms in total. The van der Waals surface area contributed by atoms with Gasteiger partial charge in [-0.2, -0.15) is 0 Å². The van der Waals surface area contributed by atoms with Gasteiger partial charge in [0.25, 0.3) is 5.79 Å². The molecule has 1 atom stereocenters. The predicted molar refractivity (Wildman–Crippen MR) is 110 cm³/mol. The Morgan fingerprint density at radius 3 is 2.61 bits per heavy atom. The number of fused-ring (bicyclic) bond motifs is 1. The average Bonchev–Trinajstić information content (AvgIpc) is 3.27. The summed E-state index contributed by atoms with van der Waals surface area (Å²) < 4.78 is 18.1. The van der Waals surface area contributed by atoms with Gasteiger partial charge in [-0.3, -0.25) is 0 Å². The van der Waals surface area contributed by atoms with E-state index < -0.39 is 5.79 Å². The maximum Gasteiger partial charge on any atom is 0.319 e. The van der Waals surface area contributed by atoms with Gasteiger partial charge in [0.05, 0.1) is 17.6 Å². The van der Waals surface area contributed by atoms with E-state index in [9.17, 15) is 4.79 Å². The highest BCUT2D eigenvalue weighted by atomic mass is 79.9. The second-order valence-corrected chi connectivity index (χ2v) is 8.05. The molecule has 1 spiro atoms. The number of nitrogens with one attached hydrogen (secondary N) is 2. The van der Waals surface area contributed by atoms with Gasteiger partial charge in [0.2, 0.25) is 0 Å².